The van der Waals surface area contributed by atoms with Gasteiger partial charge in [0.15, 0.2) is 0 Å². The first kappa shape index (κ1) is 15.3. The Labute approximate surface area is 102 Å². The first-order valence-electron chi connectivity index (χ1n) is 5.72. The Balaban J connectivity index is 4.42. The molecule has 0 saturated heterocycles. The number of amides is 2. The predicted octanol–water partition coefficient (Wildman–Crippen LogP) is 1.20. The lowest BCUT2D eigenvalue weighted by atomic mass is 9.99. The number of carboxylic acids is 1. The van der Waals surface area contributed by atoms with Crippen LogP contribution in [0.25, 0.3) is 0 Å². The number of carboxylic acid groups (broad SMARTS) is 1. The van der Waals surface area contributed by atoms with Crippen LogP contribution in [0.3, 0.4) is 0 Å². The maximum atomic E-state index is 11.5. The van der Waals surface area contributed by atoms with Gasteiger partial charge in [0.1, 0.15) is 6.04 Å². The van der Waals surface area contributed by atoms with Crippen LogP contribution in [-0.2, 0) is 4.79 Å². The monoisotopic (exact) mass is 240 g/mol. The Kier molecular flexibility index (Phi) is 6.80. The van der Waals surface area contributed by atoms with E-state index in [2.05, 4.69) is 16.6 Å². The molecule has 2 unspecified atom stereocenters. The van der Waals surface area contributed by atoms with Crippen LogP contribution in [0.4, 0.5) is 4.79 Å². The van der Waals surface area contributed by atoms with Crippen molar-refractivity contribution >= 4 is 12.0 Å². The highest BCUT2D eigenvalue weighted by Crippen LogP contribution is 2.07. The van der Waals surface area contributed by atoms with Gasteiger partial charge in [-0.1, -0.05) is 33.1 Å². The number of rotatable bonds is 6. The number of hydrogen-bond donors (Lipinski definition) is 3. The second-order valence-corrected chi connectivity index (χ2v) is 3.95. The number of nitrogens with one attached hydrogen (secondary N) is 2. The molecule has 0 aromatic rings. The van der Waals surface area contributed by atoms with E-state index >= 15 is 0 Å². The Morgan fingerprint density at radius 3 is 2.24 bits per heavy atom. The lowest BCUT2D eigenvalue weighted by Gasteiger charge is -2.21. The van der Waals surface area contributed by atoms with Crippen LogP contribution in [-0.4, -0.2) is 29.2 Å². The molecule has 3 atom stereocenters. The molecule has 96 valence electrons. The summed E-state index contributed by atoms with van der Waals surface area (Å²) in [5.41, 5.74) is 0. The molecule has 17 heavy (non-hydrogen) atoms. The van der Waals surface area contributed by atoms with Crippen LogP contribution < -0.4 is 10.6 Å². The zero-order chi connectivity index (χ0) is 13.4. The number of carbonyl (C=O) groups is 2. The molecule has 0 aliphatic carbocycles. The molecule has 0 aromatic heterocycles. The van der Waals surface area contributed by atoms with E-state index in [0.717, 1.165) is 0 Å². The third-order valence-electron chi connectivity index (χ3n) is 2.68. The van der Waals surface area contributed by atoms with Gasteiger partial charge in [-0.3, -0.25) is 0 Å². The Bertz CT molecular complexity index is 309. The molecule has 0 aliphatic heterocycles. The maximum absolute atomic E-state index is 11.5. The molecule has 5 nitrogen and oxygen atoms in total. The topological polar surface area (TPSA) is 78.4 Å². The minimum Gasteiger partial charge on any atom is -0.480 e. The van der Waals surface area contributed by atoms with E-state index in [4.69, 9.17) is 11.5 Å². The van der Waals surface area contributed by atoms with E-state index in [-0.39, 0.29) is 12.0 Å². The van der Waals surface area contributed by atoms with Crippen molar-refractivity contribution in [3.8, 4) is 12.3 Å². The fourth-order valence-electron chi connectivity index (χ4n) is 1.29. The molecule has 0 heterocycles. The van der Waals surface area contributed by atoms with Gasteiger partial charge < -0.3 is 15.7 Å². The van der Waals surface area contributed by atoms with Gasteiger partial charge in [-0.05, 0) is 12.3 Å². The molecule has 0 aromatic carbocycles. The summed E-state index contributed by atoms with van der Waals surface area (Å²) in [6, 6.07) is -1.81. The van der Waals surface area contributed by atoms with Gasteiger partial charge >= 0.3 is 12.0 Å². The van der Waals surface area contributed by atoms with Gasteiger partial charge in [0.2, 0.25) is 0 Å². The normalized spacial score (nSPS) is 15.2. The predicted molar refractivity (Wildman–Crippen MR) is 65.5 cm³/mol. The van der Waals surface area contributed by atoms with E-state index in [1.54, 1.807) is 6.92 Å². The van der Waals surface area contributed by atoms with Gasteiger partial charge in [-0.25, -0.2) is 9.59 Å². The van der Waals surface area contributed by atoms with Crippen molar-refractivity contribution in [2.45, 2.75) is 45.7 Å². The molecule has 0 rings (SSSR count). The molecular weight excluding hydrogens is 220 g/mol. The van der Waals surface area contributed by atoms with Gasteiger partial charge in [-0.2, -0.15) is 0 Å². The van der Waals surface area contributed by atoms with Crippen molar-refractivity contribution in [2.24, 2.45) is 5.92 Å². The summed E-state index contributed by atoms with van der Waals surface area (Å²) in [5, 5.41) is 13.9. The summed E-state index contributed by atoms with van der Waals surface area (Å²) in [7, 11) is 0. The summed E-state index contributed by atoms with van der Waals surface area (Å²) in [6.07, 6.45) is 6.47. The molecule has 0 saturated carbocycles. The van der Waals surface area contributed by atoms with E-state index in [1.165, 1.54) is 0 Å². The third-order valence-corrected chi connectivity index (χ3v) is 2.68. The summed E-state index contributed by atoms with van der Waals surface area (Å²) in [5.74, 6) is 1.24. The highest BCUT2D eigenvalue weighted by atomic mass is 16.4. The fraction of sp³-hybridized carbons (Fsp3) is 0.667. The molecule has 5 heteroatoms. The molecule has 0 bridgehead atoms. The van der Waals surface area contributed by atoms with Crippen LogP contribution in [0.5, 0.6) is 0 Å². The Hall–Kier alpha value is -1.70. The maximum Gasteiger partial charge on any atom is 0.326 e. The van der Waals surface area contributed by atoms with Crippen molar-refractivity contribution in [1.29, 1.82) is 0 Å². The van der Waals surface area contributed by atoms with Crippen LogP contribution in [0.2, 0.25) is 0 Å². The summed E-state index contributed by atoms with van der Waals surface area (Å²) in [4.78, 5) is 22.5. The average molecular weight is 240 g/mol. The largest absolute Gasteiger partial charge is 0.480 e. The quantitative estimate of drug-likeness (QED) is 0.610. The van der Waals surface area contributed by atoms with Crippen molar-refractivity contribution in [2.75, 3.05) is 0 Å². The van der Waals surface area contributed by atoms with Gasteiger partial charge in [0, 0.05) is 0 Å². The zero-order valence-electron chi connectivity index (χ0n) is 10.5. The first-order chi connectivity index (χ1) is 7.96. The highest BCUT2D eigenvalue weighted by Gasteiger charge is 2.25. The Morgan fingerprint density at radius 1 is 1.29 bits per heavy atom. The number of hydrogen-bond acceptors (Lipinski definition) is 2. The highest BCUT2D eigenvalue weighted by molar-refractivity contribution is 5.83. The van der Waals surface area contributed by atoms with Crippen LogP contribution in [0, 0.1) is 18.3 Å². The fourth-order valence-corrected chi connectivity index (χ4v) is 1.29. The summed E-state index contributed by atoms with van der Waals surface area (Å²) in [6.45, 7) is 5.49. The smallest absolute Gasteiger partial charge is 0.326 e. The minimum atomic E-state index is -1.04. The molecule has 0 aliphatic rings. The van der Waals surface area contributed by atoms with Gasteiger partial charge in [-0.15, -0.1) is 6.42 Å². The second-order valence-electron chi connectivity index (χ2n) is 3.95. The van der Waals surface area contributed by atoms with Crippen molar-refractivity contribution in [3.63, 3.8) is 0 Å². The SMILES string of the molecule is C#CC(CC)NC(=O)N[C@H](C(=O)O)C(C)CC. The first-order valence-corrected chi connectivity index (χ1v) is 5.72. The zero-order valence-corrected chi connectivity index (χ0v) is 10.5. The minimum absolute atomic E-state index is 0.135. The second kappa shape index (κ2) is 7.55. The molecule has 0 spiro atoms. The number of terminal acetylenes is 1. The lowest BCUT2D eigenvalue weighted by molar-refractivity contribution is -0.140. The van der Waals surface area contributed by atoms with Gasteiger partial charge in [0.25, 0.3) is 0 Å². The number of carbonyl (C=O) groups excluding carboxylic acids is 1. The van der Waals surface area contributed by atoms with E-state index in [1.807, 2.05) is 13.8 Å². The van der Waals surface area contributed by atoms with Crippen molar-refractivity contribution < 1.29 is 14.7 Å². The van der Waals surface area contributed by atoms with E-state index in [9.17, 15) is 9.59 Å². The molecule has 3 N–H and O–H groups in total. The van der Waals surface area contributed by atoms with Crippen LogP contribution in [0.1, 0.15) is 33.6 Å². The number of aliphatic carboxylic acids is 1. The van der Waals surface area contributed by atoms with Crippen LogP contribution >= 0.6 is 0 Å². The summed E-state index contributed by atoms with van der Waals surface area (Å²) >= 11 is 0. The Morgan fingerprint density at radius 2 is 1.88 bits per heavy atom. The molecule has 0 radical (unpaired) electrons. The van der Waals surface area contributed by atoms with Crippen molar-refractivity contribution in [3.05, 3.63) is 0 Å². The lowest BCUT2D eigenvalue weighted by Crippen LogP contribution is -2.51. The van der Waals surface area contributed by atoms with Crippen molar-refractivity contribution in [1.82, 2.24) is 10.6 Å². The van der Waals surface area contributed by atoms with Crippen LogP contribution in [0.15, 0.2) is 0 Å². The molecule has 0 fully saturated rings. The molecule has 2 amide bonds. The molecular formula is C12H20N2O3. The standard InChI is InChI=1S/C12H20N2O3/c1-5-8(4)10(11(15)16)14-12(17)13-9(6-2)7-3/h2,8-10H,5,7H2,1,3-4H3,(H,15,16)(H2,13,14,17)/t8?,9?,10-/m0/s1. The number of urea groups is 1. The third kappa shape index (κ3) is 5.25. The average Bonchev–Trinajstić information content (AvgIpc) is 2.31. The summed E-state index contributed by atoms with van der Waals surface area (Å²) < 4.78 is 0. The van der Waals surface area contributed by atoms with Gasteiger partial charge in [0.05, 0.1) is 6.04 Å². The van der Waals surface area contributed by atoms with E-state index < -0.39 is 18.0 Å². The van der Waals surface area contributed by atoms with E-state index in [0.29, 0.717) is 12.8 Å².